The van der Waals surface area contributed by atoms with Crippen LogP contribution in [0.5, 0.6) is 0 Å². The molecule has 1 heterocycles. The Morgan fingerprint density at radius 2 is 1.91 bits per heavy atom. The van der Waals surface area contributed by atoms with Gasteiger partial charge in [0.25, 0.3) is 0 Å². The molecule has 0 radical (unpaired) electrons. The van der Waals surface area contributed by atoms with Gasteiger partial charge in [-0.15, -0.1) is 0 Å². The molecule has 3 nitrogen and oxygen atoms in total. The summed E-state index contributed by atoms with van der Waals surface area (Å²) in [6, 6.07) is 10.7. The van der Waals surface area contributed by atoms with Gasteiger partial charge in [-0.2, -0.15) is 0 Å². The van der Waals surface area contributed by atoms with Gasteiger partial charge >= 0.3 is 5.97 Å². The molecule has 0 aliphatic carbocycles. The van der Waals surface area contributed by atoms with E-state index in [-0.39, 0.29) is 12.4 Å². The minimum Gasteiger partial charge on any atom is -0.455 e. The van der Waals surface area contributed by atoms with Crippen LogP contribution in [0.4, 0.5) is 0 Å². The van der Waals surface area contributed by atoms with Crippen molar-refractivity contribution in [1.29, 1.82) is 0 Å². The van der Waals surface area contributed by atoms with Crippen LogP contribution >= 0.6 is 39.1 Å². The summed E-state index contributed by atoms with van der Waals surface area (Å²) in [7, 11) is 0. The zero-order valence-electron chi connectivity index (χ0n) is 12.0. The Labute approximate surface area is 151 Å². The second-order valence-electron chi connectivity index (χ2n) is 4.97. The van der Waals surface area contributed by atoms with Crippen LogP contribution < -0.4 is 0 Å². The molecular formula is C17H11BrCl2O3. The first kappa shape index (κ1) is 16.4. The molecule has 2 aromatic carbocycles. The van der Waals surface area contributed by atoms with Crippen molar-refractivity contribution in [3.8, 4) is 0 Å². The lowest BCUT2D eigenvalue weighted by atomic mass is 10.1. The smallest absolute Gasteiger partial charge is 0.374 e. The number of fused-ring (bicyclic) bond motifs is 1. The van der Waals surface area contributed by atoms with E-state index in [1.807, 2.05) is 19.1 Å². The molecule has 0 saturated heterocycles. The van der Waals surface area contributed by atoms with Crippen molar-refractivity contribution in [1.82, 2.24) is 0 Å². The average Bonchev–Trinajstić information content (AvgIpc) is 2.83. The summed E-state index contributed by atoms with van der Waals surface area (Å²) in [4.78, 5) is 12.3. The number of carbonyl (C=O) groups excluding carboxylic acids is 1. The van der Waals surface area contributed by atoms with Crippen LogP contribution in [0.15, 0.2) is 45.3 Å². The number of benzene rings is 2. The summed E-state index contributed by atoms with van der Waals surface area (Å²) >= 11 is 15.5. The summed E-state index contributed by atoms with van der Waals surface area (Å²) in [5, 5.41) is 1.77. The normalized spacial score (nSPS) is 11.0. The predicted molar refractivity (Wildman–Crippen MR) is 94.2 cm³/mol. The number of esters is 1. The van der Waals surface area contributed by atoms with Crippen LogP contribution in [-0.2, 0) is 11.3 Å². The van der Waals surface area contributed by atoms with Crippen LogP contribution in [0.3, 0.4) is 0 Å². The monoisotopic (exact) mass is 412 g/mol. The Morgan fingerprint density at radius 1 is 1.22 bits per heavy atom. The Balaban J connectivity index is 1.85. The minimum atomic E-state index is -0.550. The molecule has 0 fully saturated rings. The van der Waals surface area contributed by atoms with Crippen molar-refractivity contribution in [3.05, 3.63) is 67.8 Å². The van der Waals surface area contributed by atoms with Gasteiger partial charge in [-0.05, 0) is 37.3 Å². The molecule has 0 aliphatic heterocycles. The molecule has 3 rings (SSSR count). The quantitative estimate of drug-likeness (QED) is 0.482. The standard InChI is InChI=1S/C17H11BrCl2O3/c1-9-11-7-10(18)5-6-15(11)23-16(9)17(21)22-8-12-13(19)3-2-4-14(12)20/h2-7H,8H2,1H3. The van der Waals surface area contributed by atoms with Gasteiger partial charge in [0.15, 0.2) is 0 Å². The van der Waals surface area contributed by atoms with Gasteiger partial charge in [-0.25, -0.2) is 4.79 Å². The fourth-order valence-electron chi connectivity index (χ4n) is 2.26. The molecular weight excluding hydrogens is 403 g/mol. The van der Waals surface area contributed by atoms with Gasteiger partial charge in [-0.3, -0.25) is 0 Å². The van der Waals surface area contributed by atoms with Crippen molar-refractivity contribution < 1.29 is 13.9 Å². The first-order chi connectivity index (χ1) is 11.0. The van der Waals surface area contributed by atoms with Crippen LogP contribution in [0.25, 0.3) is 11.0 Å². The minimum absolute atomic E-state index is 0.0163. The van der Waals surface area contributed by atoms with Gasteiger partial charge in [-0.1, -0.05) is 45.2 Å². The van der Waals surface area contributed by atoms with Gasteiger partial charge in [0.1, 0.15) is 12.2 Å². The fraction of sp³-hybridized carbons (Fsp3) is 0.118. The first-order valence-corrected chi connectivity index (χ1v) is 8.31. The van der Waals surface area contributed by atoms with Gasteiger partial charge in [0.2, 0.25) is 5.76 Å². The summed E-state index contributed by atoms with van der Waals surface area (Å²) < 4.78 is 11.8. The highest BCUT2D eigenvalue weighted by Gasteiger charge is 2.20. The molecule has 1 aromatic heterocycles. The topological polar surface area (TPSA) is 39.4 Å². The molecule has 0 amide bonds. The van der Waals surface area contributed by atoms with Crippen LogP contribution in [0.2, 0.25) is 10.0 Å². The van der Waals surface area contributed by atoms with E-state index in [9.17, 15) is 4.79 Å². The van der Waals surface area contributed by atoms with Crippen molar-refractivity contribution in [3.63, 3.8) is 0 Å². The molecule has 0 spiro atoms. The highest BCUT2D eigenvalue weighted by atomic mass is 79.9. The number of halogens is 3. The Kier molecular flexibility index (Phi) is 4.67. The van der Waals surface area contributed by atoms with Crippen LogP contribution in [0, 0.1) is 6.92 Å². The Bertz CT molecular complexity index is 882. The van der Waals surface area contributed by atoms with Gasteiger partial charge in [0, 0.05) is 31.0 Å². The maximum absolute atomic E-state index is 12.3. The number of ether oxygens (including phenoxy) is 1. The van der Waals surface area contributed by atoms with Crippen LogP contribution in [-0.4, -0.2) is 5.97 Å². The maximum atomic E-state index is 12.3. The maximum Gasteiger partial charge on any atom is 0.374 e. The predicted octanol–water partition coefficient (Wildman–Crippen LogP) is 6.17. The summed E-state index contributed by atoms with van der Waals surface area (Å²) in [6.07, 6.45) is 0. The van der Waals surface area contributed by atoms with E-state index in [1.54, 1.807) is 24.3 Å². The molecule has 0 unspecified atom stereocenters. The molecule has 0 bridgehead atoms. The lowest BCUT2D eigenvalue weighted by Crippen LogP contribution is -2.06. The van der Waals surface area contributed by atoms with Crippen molar-refractivity contribution in [2.75, 3.05) is 0 Å². The van der Waals surface area contributed by atoms with Crippen LogP contribution in [0.1, 0.15) is 21.7 Å². The Morgan fingerprint density at radius 3 is 2.61 bits per heavy atom. The molecule has 0 N–H and O–H groups in total. The molecule has 23 heavy (non-hydrogen) atoms. The molecule has 3 aromatic rings. The SMILES string of the molecule is Cc1c(C(=O)OCc2c(Cl)cccc2Cl)oc2ccc(Br)cc12. The van der Waals surface area contributed by atoms with E-state index < -0.39 is 5.97 Å². The van der Waals surface area contributed by atoms with Gasteiger partial charge in [0.05, 0.1) is 0 Å². The average molecular weight is 414 g/mol. The largest absolute Gasteiger partial charge is 0.455 e. The number of hydrogen-bond acceptors (Lipinski definition) is 3. The Hall–Kier alpha value is -1.49. The highest BCUT2D eigenvalue weighted by molar-refractivity contribution is 9.10. The molecule has 118 valence electrons. The zero-order valence-corrected chi connectivity index (χ0v) is 15.1. The molecule has 0 saturated carbocycles. The second-order valence-corrected chi connectivity index (χ2v) is 6.70. The van der Waals surface area contributed by atoms with Crippen molar-refractivity contribution >= 4 is 56.1 Å². The number of rotatable bonds is 3. The number of hydrogen-bond donors (Lipinski definition) is 0. The molecule has 6 heteroatoms. The lowest BCUT2D eigenvalue weighted by molar-refractivity contribution is 0.0438. The first-order valence-electron chi connectivity index (χ1n) is 6.76. The summed E-state index contributed by atoms with van der Waals surface area (Å²) in [6.45, 7) is 1.80. The van der Waals surface area contributed by atoms with E-state index >= 15 is 0 Å². The highest BCUT2D eigenvalue weighted by Crippen LogP contribution is 2.29. The van der Waals surface area contributed by atoms with E-state index in [2.05, 4.69) is 15.9 Å². The molecule has 0 aliphatic rings. The third kappa shape index (κ3) is 3.25. The fourth-order valence-corrected chi connectivity index (χ4v) is 3.13. The van der Waals surface area contributed by atoms with Crippen molar-refractivity contribution in [2.45, 2.75) is 13.5 Å². The third-order valence-electron chi connectivity index (χ3n) is 3.49. The van der Waals surface area contributed by atoms with Crippen molar-refractivity contribution in [2.24, 2.45) is 0 Å². The molecule has 0 atom stereocenters. The van der Waals surface area contributed by atoms with E-state index in [4.69, 9.17) is 32.4 Å². The van der Waals surface area contributed by atoms with Gasteiger partial charge < -0.3 is 9.15 Å². The van der Waals surface area contributed by atoms with E-state index in [0.29, 0.717) is 21.2 Å². The van der Waals surface area contributed by atoms with E-state index in [1.165, 1.54) is 0 Å². The summed E-state index contributed by atoms with van der Waals surface area (Å²) in [5.41, 5.74) is 1.94. The lowest BCUT2D eigenvalue weighted by Gasteiger charge is -2.07. The zero-order chi connectivity index (χ0) is 16.6. The second kappa shape index (κ2) is 6.56. The number of furan rings is 1. The number of aryl methyl sites for hydroxylation is 1. The summed E-state index contributed by atoms with van der Waals surface area (Å²) in [5.74, 6) is -0.368. The number of carbonyl (C=O) groups is 1. The van der Waals surface area contributed by atoms with E-state index in [0.717, 1.165) is 15.4 Å². The third-order valence-corrected chi connectivity index (χ3v) is 4.69.